The molecule has 0 aromatic carbocycles. The number of nitrogens with two attached hydrogens (primary N) is 1. The predicted octanol–water partition coefficient (Wildman–Crippen LogP) is 2.03. The molecular weight excluding hydrogens is 224 g/mol. The number of carbonyl (C=O) groups excluding carboxylic acids is 2. The minimum Gasteiger partial charge on any atom is -0.351 e. The van der Waals surface area contributed by atoms with E-state index in [2.05, 4.69) is 5.32 Å². The van der Waals surface area contributed by atoms with E-state index in [0.717, 1.165) is 17.4 Å². The lowest BCUT2D eigenvalue weighted by Gasteiger charge is -2.20. The van der Waals surface area contributed by atoms with Crippen LogP contribution in [0.2, 0.25) is 0 Å². The number of hydrogen-bond donors (Lipinski definition) is 2. The Hall–Kier alpha value is -0.710. The van der Waals surface area contributed by atoms with Crippen LogP contribution < -0.4 is 11.1 Å². The summed E-state index contributed by atoms with van der Waals surface area (Å²) in [5, 5.41) is 2.86. The van der Waals surface area contributed by atoms with Crippen LogP contribution in [-0.4, -0.2) is 22.9 Å². The zero-order valence-electron chi connectivity index (χ0n) is 9.54. The molecule has 1 aliphatic rings. The van der Waals surface area contributed by atoms with Gasteiger partial charge in [0.2, 0.25) is 5.91 Å². The van der Waals surface area contributed by atoms with Gasteiger partial charge in [0.05, 0.1) is 0 Å². The fourth-order valence-electron chi connectivity index (χ4n) is 1.91. The molecule has 0 aromatic rings. The zero-order chi connectivity index (χ0) is 11.8. The van der Waals surface area contributed by atoms with Crippen molar-refractivity contribution in [3.05, 3.63) is 0 Å². The normalized spacial score (nSPS) is 17.0. The molecule has 0 heterocycles. The van der Waals surface area contributed by atoms with Crippen LogP contribution in [0.1, 0.15) is 44.9 Å². The Kier molecular flexibility index (Phi) is 6.30. The number of primary amides is 1. The Labute approximate surface area is 101 Å². The molecule has 1 saturated carbocycles. The van der Waals surface area contributed by atoms with Gasteiger partial charge in [-0.1, -0.05) is 19.3 Å². The predicted molar refractivity (Wildman–Crippen MR) is 66.3 cm³/mol. The van der Waals surface area contributed by atoms with Crippen molar-refractivity contribution in [1.82, 2.24) is 5.32 Å². The second-order valence-electron chi connectivity index (χ2n) is 4.15. The van der Waals surface area contributed by atoms with Gasteiger partial charge in [0.25, 0.3) is 0 Å². The summed E-state index contributed by atoms with van der Waals surface area (Å²) in [5.74, 6) is 0.730. The fraction of sp³-hybridized carbons (Fsp3) is 0.818. The molecule has 5 heteroatoms. The van der Waals surface area contributed by atoms with Crippen LogP contribution in [0, 0.1) is 0 Å². The first-order chi connectivity index (χ1) is 7.68. The number of carbonyl (C=O) groups is 2. The van der Waals surface area contributed by atoms with Crippen molar-refractivity contribution in [3.63, 3.8) is 0 Å². The minimum absolute atomic E-state index is 0.267. The standard InChI is InChI=1S/C11H20N2O2S/c12-11(15)13-10(14)7-4-8-16-9-5-2-1-3-6-9/h9H,1-8H2,(H3,12,13,14,15). The molecule has 3 N–H and O–H groups in total. The monoisotopic (exact) mass is 244 g/mol. The van der Waals surface area contributed by atoms with E-state index in [-0.39, 0.29) is 5.91 Å². The van der Waals surface area contributed by atoms with Gasteiger partial charge in [-0.3, -0.25) is 10.1 Å². The van der Waals surface area contributed by atoms with Crippen molar-refractivity contribution in [3.8, 4) is 0 Å². The van der Waals surface area contributed by atoms with Crippen LogP contribution in [0.3, 0.4) is 0 Å². The molecule has 4 nitrogen and oxygen atoms in total. The van der Waals surface area contributed by atoms with Crippen molar-refractivity contribution in [1.29, 1.82) is 0 Å². The molecular formula is C11H20N2O2S. The molecule has 0 unspecified atom stereocenters. The van der Waals surface area contributed by atoms with Gasteiger partial charge in [0, 0.05) is 11.7 Å². The van der Waals surface area contributed by atoms with Crippen molar-refractivity contribution in [2.45, 2.75) is 50.2 Å². The fourth-order valence-corrected chi connectivity index (χ4v) is 3.23. The summed E-state index contributed by atoms with van der Waals surface area (Å²) in [6.07, 6.45) is 7.91. The molecule has 0 aromatic heterocycles. The Morgan fingerprint density at radius 2 is 1.94 bits per heavy atom. The number of amides is 3. The summed E-state index contributed by atoms with van der Waals surface area (Å²) in [6, 6.07) is -0.759. The summed E-state index contributed by atoms with van der Waals surface area (Å²) in [7, 11) is 0. The third kappa shape index (κ3) is 6.00. The maximum atomic E-state index is 11.1. The summed E-state index contributed by atoms with van der Waals surface area (Å²) in [4.78, 5) is 21.5. The average molecular weight is 244 g/mol. The highest BCUT2D eigenvalue weighted by Crippen LogP contribution is 2.28. The van der Waals surface area contributed by atoms with E-state index >= 15 is 0 Å². The van der Waals surface area contributed by atoms with Gasteiger partial charge in [-0.15, -0.1) is 0 Å². The number of imide groups is 1. The number of hydrogen-bond acceptors (Lipinski definition) is 3. The topological polar surface area (TPSA) is 72.2 Å². The van der Waals surface area contributed by atoms with Gasteiger partial charge >= 0.3 is 6.03 Å². The first-order valence-corrected chi connectivity index (χ1v) is 6.94. The Morgan fingerprint density at radius 3 is 2.56 bits per heavy atom. The smallest absolute Gasteiger partial charge is 0.318 e. The zero-order valence-corrected chi connectivity index (χ0v) is 10.4. The van der Waals surface area contributed by atoms with Crippen LogP contribution in [0.15, 0.2) is 0 Å². The summed E-state index contributed by atoms with van der Waals surface area (Å²) < 4.78 is 0. The largest absolute Gasteiger partial charge is 0.351 e. The Balaban J connectivity index is 1.98. The van der Waals surface area contributed by atoms with Gasteiger partial charge in [-0.25, -0.2) is 4.79 Å². The van der Waals surface area contributed by atoms with Crippen molar-refractivity contribution < 1.29 is 9.59 Å². The van der Waals surface area contributed by atoms with E-state index in [1.165, 1.54) is 32.1 Å². The highest BCUT2D eigenvalue weighted by atomic mass is 32.2. The van der Waals surface area contributed by atoms with E-state index in [0.29, 0.717) is 6.42 Å². The molecule has 92 valence electrons. The average Bonchev–Trinajstić information content (AvgIpc) is 2.25. The highest BCUT2D eigenvalue weighted by Gasteiger charge is 2.13. The summed E-state index contributed by atoms with van der Waals surface area (Å²) >= 11 is 1.96. The van der Waals surface area contributed by atoms with Crippen molar-refractivity contribution in [2.75, 3.05) is 5.75 Å². The molecule has 16 heavy (non-hydrogen) atoms. The number of nitrogens with one attached hydrogen (secondary N) is 1. The maximum Gasteiger partial charge on any atom is 0.318 e. The van der Waals surface area contributed by atoms with Crippen LogP contribution in [0.25, 0.3) is 0 Å². The quantitative estimate of drug-likeness (QED) is 0.727. The molecule has 0 aliphatic heterocycles. The summed E-state index contributed by atoms with van der Waals surface area (Å²) in [6.45, 7) is 0. The highest BCUT2D eigenvalue weighted by molar-refractivity contribution is 7.99. The molecule has 0 bridgehead atoms. The molecule has 1 rings (SSSR count). The Morgan fingerprint density at radius 1 is 1.25 bits per heavy atom. The van der Waals surface area contributed by atoms with Crippen LogP contribution in [0.5, 0.6) is 0 Å². The van der Waals surface area contributed by atoms with Gasteiger partial charge in [-0.2, -0.15) is 11.8 Å². The molecule has 1 aliphatic carbocycles. The molecule has 0 atom stereocenters. The van der Waals surface area contributed by atoms with Crippen molar-refractivity contribution >= 4 is 23.7 Å². The second kappa shape index (κ2) is 7.54. The van der Waals surface area contributed by atoms with Crippen molar-refractivity contribution in [2.24, 2.45) is 5.73 Å². The number of rotatable bonds is 5. The van der Waals surface area contributed by atoms with Crippen LogP contribution >= 0.6 is 11.8 Å². The third-order valence-electron chi connectivity index (χ3n) is 2.72. The first kappa shape index (κ1) is 13.4. The number of thioether (sulfide) groups is 1. The Bertz CT molecular complexity index is 240. The molecule has 3 amide bonds. The van der Waals surface area contributed by atoms with Gasteiger partial charge < -0.3 is 5.73 Å². The van der Waals surface area contributed by atoms with Gasteiger partial charge in [-0.05, 0) is 25.0 Å². The third-order valence-corrected chi connectivity index (χ3v) is 4.18. The van der Waals surface area contributed by atoms with Crippen LogP contribution in [-0.2, 0) is 4.79 Å². The van der Waals surface area contributed by atoms with Crippen LogP contribution in [0.4, 0.5) is 4.79 Å². The van der Waals surface area contributed by atoms with Gasteiger partial charge in [0.1, 0.15) is 0 Å². The maximum absolute atomic E-state index is 11.1. The van der Waals surface area contributed by atoms with E-state index in [1.807, 2.05) is 11.8 Å². The molecule has 1 fully saturated rings. The lowest BCUT2D eigenvalue weighted by molar-refractivity contribution is -0.119. The number of urea groups is 1. The lowest BCUT2D eigenvalue weighted by Crippen LogP contribution is -2.34. The molecule has 0 spiro atoms. The SMILES string of the molecule is NC(=O)NC(=O)CCCSC1CCCCC1. The first-order valence-electron chi connectivity index (χ1n) is 5.89. The van der Waals surface area contributed by atoms with E-state index < -0.39 is 6.03 Å². The second-order valence-corrected chi connectivity index (χ2v) is 5.56. The van der Waals surface area contributed by atoms with E-state index in [9.17, 15) is 9.59 Å². The lowest BCUT2D eigenvalue weighted by atomic mass is 10.0. The minimum atomic E-state index is -0.759. The van der Waals surface area contributed by atoms with Gasteiger partial charge in [0.15, 0.2) is 0 Å². The molecule has 0 saturated heterocycles. The van der Waals surface area contributed by atoms with E-state index in [4.69, 9.17) is 5.73 Å². The van der Waals surface area contributed by atoms with E-state index in [1.54, 1.807) is 0 Å². The summed E-state index contributed by atoms with van der Waals surface area (Å²) in [5.41, 5.74) is 4.84. The molecule has 0 radical (unpaired) electrons.